The molecule has 1 aliphatic rings. The number of benzene rings is 1. The van der Waals surface area contributed by atoms with Gasteiger partial charge in [0, 0.05) is 60.9 Å². The van der Waals surface area contributed by atoms with Crippen molar-refractivity contribution >= 4 is 28.1 Å². The molecule has 1 aliphatic heterocycles. The molecule has 1 aromatic carbocycles. The Morgan fingerprint density at radius 3 is 2.81 bits per heavy atom. The van der Waals surface area contributed by atoms with E-state index in [9.17, 15) is 9.50 Å². The molecule has 0 atom stereocenters. The van der Waals surface area contributed by atoms with E-state index >= 15 is 0 Å². The van der Waals surface area contributed by atoms with Crippen molar-refractivity contribution in [3.8, 4) is 5.75 Å². The fraction of sp³-hybridized carbons (Fsp3) is 0.250. The molecule has 0 bridgehead atoms. The number of hydrogen-bond donors (Lipinski definition) is 2. The SMILES string of the molecule is C=C(c1cnc(Nc2ccc(F)c(O)c2)c2ccn(C)c12)N1CCOCC1. The van der Waals surface area contributed by atoms with Crippen molar-refractivity contribution in [3.05, 3.63) is 54.6 Å². The topological polar surface area (TPSA) is 62.6 Å². The third kappa shape index (κ3) is 3.21. The van der Waals surface area contributed by atoms with E-state index in [4.69, 9.17) is 4.74 Å². The molecule has 0 radical (unpaired) electrons. The number of phenolic OH excluding ortho intramolecular Hbond substituents is 1. The van der Waals surface area contributed by atoms with Crippen LogP contribution in [0.4, 0.5) is 15.9 Å². The monoisotopic (exact) mass is 368 g/mol. The molecule has 4 rings (SSSR count). The minimum absolute atomic E-state index is 0.401. The number of aromatic hydroxyl groups is 1. The van der Waals surface area contributed by atoms with Crippen LogP contribution in [0.2, 0.25) is 0 Å². The number of aromatic nitrogens is 2. The summed E-state index contributed by atoms with van der Waals surface area (Å²) in [6.07, 6.45) is 3.77. The van der Waals surface area contributed by atoms with Crippen LogP contribution in [0, 0.1) is 5.82 Å². The highest BCUT2D eigenvalue weighted by Crippen LogP contribution is 2.32. The van der Waals surface area contributed by atoms with Crippen LogP contribution in [0.15, 0.2) is 43.2 Å². The first-order valence-corrected chi connectivity index (χ1v) is 8.76. The van der Waals surface area contributed by atoms with Crippen LogP contribution in [0.1, 0.15) is 5.56 Å². The zero-order valence-corrected chi connectivity index (χ0v) is 15.1. The van der Waals surface area contributed by atoms with Crippen LogP contribution in [-0.4, -0.2) is 45.9 Å². The first kappa shape index (κ1) is 17.4. The van der Waals surface area contributed by atoms with Crippen LogP contribution in [0.3, 0.4) is 0 Å². The smallest absolute Gasteiger partial charge is 0.164 e. The van der Waals surface area contributed by atoms with Crippen molar-refractivity contribution in [2.75, 3.05) is 31.6 Å². The molecule has 0 spiro atoms. The minimum atomic E-state index is -0.657. The van der Waals surface area contributed by atoms with Gasteiger partial charge in [-0.3, -0.25) is 0 Å². The van der Waals surface area contributed by atoms with Crippen molar-refractivity contribution in [1.82, 2.24) is 14.5 Å². The standard InChI is InChI=1S/C20H21FN4O2/c1-13(25-7-9-27-10-8-25)16-12-22-20(15-5-6-24(2)19(15)16)23-14-3-4-17(21)18(26)11-14/h3-6,11-12,26H,1,7-10H2,2H3,(H,22,23). The van der Waals surface area contributed by atoms with Gasteiger partial charge < -0.3 is 24.6 Å². The zero-order chi connectivity index (χ0) is 19.0. The Bertz CT molecular complexity index is 1010. The van der Waals surface area contributed by atoms with Gasteiger partial charge in [0.15, 0.2) is 11.6 Å². The quantitative estimate of drug-likeness (QED) is 0.738. The molecule has 2 N–H and O–H groups in total. The highest BCUT2D eigenvalue weighted by Gasteiger charge is 2.19. The Labute approximate surface area is 156 Å². The third-order valence-electron chi connectivity index (χ3n) is 4.82. The second-order valence-electron chi connectivity index (χ2n) is 6.55. The Balaban J connectivity index is 1.72. The first-order valence-electron chi connectivity index (χ1n) is 8.76. The molecule has 3 aromatic rings. The summed E-state index contributed by atoms with van der Waals surface area (Å²) in [6.45, 7) is 7.27. The van der Waals surface area contributed by atoms with E-state index in [0.29, 0.717) is 24.7 Å². The average molecular weight is 368 g/mol. The number of nitrogens with zero attached hydrogens (tertiary/aromatic N) is 3. The Kier molecular flexibility index (Phi) is 4.45. The van der Waals surface area contributed by atoms with Gasteiger partial charge in [0.25, 0.3) is 0 Å². The van der Waals surface area contributed by atoms with Gasteiger partial charge in [-0.15, -0.1) is 0 Å². The van der Waals surface area contributed by atoms with E-state index in [1.807, 2.05) is 23.9 Å². The molecule has 0 amide bonds. The molecule has 3 heterocycles. The number of nitrogens with one attached hydrogen (secondary N) is 1. The van der Waals surface area contributed by atoms with Gasteiger partial charge in [-0.1, -0.05) is 6.58 Å². The van der Waals surface area contributed by atoms with E-state index in [-0.39, 0.29) is 0 Å². The van der Waals surface area contributed by atoms with Crippen molar-refractivity contribution < 1.29 is 14.2 Å². The molecule has 0 unspecified atom stereocenters. The largest absolute Gasteiger partial charge is 0.505 e. The molecule has 27 heavy (non-hydrogen) atoms. The summed E-state index contributed by atoms with van der Waals surface area (Å²) in [6, 6.07) is 6.09. The zero-order valence-electron chi connectivity index (χ0n) is 15.1. The number of halogens is 1. The molecule has 2 aromatic heterocycles. The number of fused-ring (bicyclic) bond motifs is 1. The maximum Gasteiger partial charge on any atom is 0.164 e. The minimum Gasteiger partial charge on any atom is -0.505 e. The van der Waals surface area contributed by atoms with Gasteiger partial charge in [0.1, 0.15) is 5.82 Å². The predicted molar refractivity (Wildman–Crippen MR) is 103 cm³/mol. The third-order valence-corrected chi connectivity index (χ3v) is 4.82. The van der Waals surface area contributed by atoms with Crippen LogP contribution in [0.25, 0.3) is 16.6 Å². The van der Waals surface area contributed by atoms with Gasteiger partial charge in [0.05, 0.1) is 18.7 Å². The van der Waals surface area contributed by atoms with Gasteiger partial charge in [-0.05, 0) is 18.2 Å². The van der Waals surface area contributed by atoms with Crippen LogP contribution >= 0.6 is 0 Å². The number of pyridine rings is 1. The van der Waals surface area contributed by atoms with E-state index in [2.05, 4.69) is 21.8 Å². The summed E-state index contributed by atoms with van der Waals surface area (Å²) in [4.78, 5) is 6.77. The van der Waals surface area contributed by atoms with Crippen molar-refractivity contribution in [3.63, 3.8) is 0 Å². The Morgan fingerprint density at radius 2 is 2.07 bits per heavy atom. The molecular weight excluding hydrogens is 347 g/mol. The highest BCUT2D eigenvalue weighted by molar-refractivity contribution is 5.98. The molecule has 7 heteroatoms. The van der Waals surface area contributed by atoms with Gasteiger partial charge in [-0.25, -0.2) is 9.37 Å². The summed E-state index contributed by atoms with van der Waals surface area (Å²) in [7, 11) is 1.98. The number of phenols is 1. The lowest BCUT2D eigenvalue weighted by atomic mass is 10.1. The van der Waals surface area contributed by atoms with Crippen LogP contribution in [0.5, 0.6) is 5.75 Å². The molecule has 1 fully saturated rings. The second-order valence-corrected chi connectivity index (χ2v) is 6.55. The molecule has 1 saturated heterocycles. The molecule has 140 valence electrons. The first-order chi connectivity index (χ1) is 13.0. The van der Waals surface area contributed by atoms with Crippen LogP contribution < -0.4 is 5.32 Å². The summed E-state index contributed by atoms with van der Waals surface area (Å²) < 4.78 is 20.8. The predicted octanol–water partition coefficient (Wildman–Crippen LogP) is 3.46. The molecular formula is C20H21FN4O2. The van der Waals surface area contributed by atoms with Gasteiger partial charge in [0.2, 0.25) is 0 Å². The van der Waals surface area contributed by atoms with Gasteiger partial charge in [-0.2, -0.15) is 0 Å². The molecule has 6 nitrogen and oxygen atoms in total. The Hall–Kier alpha value is -3.06. The van der Waals surface area contributed by atoms with E-state index in [1.54, 1.807) is 12.3 Å². The highest BCUT2D eigenvalue weighted by atomic mass is 19.1. The van der Waals surface area contributed by atoms with Gasteiger partial charge >= 0.3 is 0 Å². The number of ether oxygens (including phenoxy) is 1. The van der Waals surface area contributed by atoms with E-state index in [1.165, 1.54) is 12.1 Å². The summed E-state index contributed by atoms with van der Waals surface area (Å²) in [5.74, 6) is -0.424. The van der Waals surface area contributed by atoms with Crippen LogP contribution in [-0.2, 0) is 11.8 Å². The number of anilines is 2. The summed E-state index contributed by atoms with van der Waals surface area (Å²) in [5.41, 5.74) is 3.46. The van der Waals surface area contributed by atoms with Crippen molar-refractivity contribution in [2.45, 2.75) is 0 Å². The van der Waals surface area contributed by atoms with E-state index < -0.39 is 11.6 Å². The van der Waals surface area contributed by atoms with E-state index in [0.717, 1.165) is 35.3 Å². The normalized spacial score (nSPS) is 14.5. The van der Waals surface area contributed by atoms with Crippen molar-refractivity contribution in [2.24, 2.45) is 7.05 Å². The molecule has 0 aliphatic carbocycles. The number of hydrogen-bond acceptors (Lipinski definition) is 5. The lowest BCUT2D eigenvalue weighted by Crippen LogP contribution is -2.34. The molecule has 0 saturated carbocycles. The summed E-state index contributed by atoms with van der Waals surface area (Å²) >= 11 is 0. The Morgan fingerprint density at radius 1 is 1.30 bits per heavy atom. The maximum atomic E-state index is 13.3. The average Bonchev–Trinajstić information content (AvgIpc) is 3.08. The lowest BCUT2D eigenvalue weighted by Gasteiger charge is -2.31. The number of aryl methyl sites for hydroxylation is 1. The lowest BCUT2D eigenvalue weighted by molar-refractivity contribution is 0.0641. The fourth-order valence-corrected chi connectivity index (χ4v) is 3.36. The van der Waals surface area contributed by atoms with Crippen molar-refractivity contribution in [1.29, 1.82) is 0 Å². The summed E-state index contributed by atoms with van der Waals surface area (Å²) in [5, 5.41) is 13.7. The number of rotatable bonds is 4. The second kappa shape index (κ2) is 6.92. The fourth-order valence-electron chi connectivity index (χ4n) is 3.36. The number of morpholine rings is 1. The maximum absolute atomic E-state index is 13.3.